The molecule has 5 nitrogen and oxygen atoms in total. The molecule has 15 rings (SSSR count). The standard InChI is InChI=1S/C65H42N4OSi/c1-5-17-43(18-6-1)69-58-34-31-49(71(46-19-7-2-8-20-46,47-21-9-3-10-22-47)48-23-11-4-12-24-48)41-53(58)52-32-35-61-64(65(52)69)55-40-44(67-57-27-15-13-25-50(57)56-42-66-38-37-60(56)67)29-33-59(55)68(61)45-30-36-63-54(39-45)51-26-14-16-28-62(51)70-63/h1-42H. The van der Waals surface area contributed by atoms with Crippen LogP contribution in [0.15, 0.2) is 259 Å². The number of pyridine rings is 1. The molecule has 0 aliphatic heterocycles. The fraction of sp³-hybridized carbons (Fsp3) is 0. The molecule has 0 spiro atoms. The van der Waals surface area contributed by atoms with E-state index in [0.717, 1.165) is 72.0 Å². The van der Waals surface area contributed by atoms with Crippen LogP contribution in [0.1, 0.15) is 0 Å². The van der Waals surface area contributed by atoms with E-state index in [1.54, 1.807) is 0 Å². The maximum atomic E-state index is 6.38. The van der Waals surface area contributed by atoms with Crippen molar-refractivity contribution in [2.45, 2.75) is 0 Å². The normalized spacial score (nSPS) is 12.2. The van der Waals surface area contributed by atoms with Crippen molar-refractivity contribution in [2.75, 3.05) is 0 Å². The number of para-hydroxylation sites is 3. The summed E-state index contributed by atoms with van der Waals surface area (Å²) in [5, 5.41) is 14.7. The van der Waals surface area contributed by atoms with Crippen LogP contribution < -0.4 is 20.7 Å². The fourth-order valence-electron chi connectivity index (χ4n) is 12.1. The number of furan rings is 1. The van der Waals surface area contributed by atoms with E-state index in [0.29, 0.717) is 0 Å². The van der Waals surface area contributed by atoms with Crippen LogP contribution in [0.5, 0.6) is 0 Å². The largest absolute Gasteiger partial charge is 0.456 e. The van der Waals surface area contributed by atoms with Crippen LogP contribution in [0, 0.1) is 0 Å². The summed E-state index contributed by atoms with van der Waals surface area (Å²) in [7, 11) is -2.86. The third kappa shape index (κ3) is 5.71. The molecule has 6 heteroatoms. The van der Waals surface area contributed by atoms with Crippen LogP contribution in [0.4, 0.5) is 0 Å². The SMILES string of the molecule is c1ccc(-n2c3ccc([Si](c4ccccc4)(c4ccccc4)c4ccccc4)cc3c3ccc4c(c5cc(-n6c7ccccc7c7cnccc76)ccc5n4-c4ccc5oc6ccccc6c5c4)c32)cc1. The first-order valence-corrected chi connectivity index (χ1v) is 26.3. The van der Waals surface area contributed by atoms with E-state index in [1.165, 1.54) is 53.2 Å². The molecule has 5 heterocycles. The first-order chi connectivity index (χ1) is 35.2. The molecule has 15 aromatic rings. The van der Waals surface area contributed by atoms with Crippen LogP contribution in [0.3, 0.4) is 0 Å². The van der Waals surface area contributed by atoms with Crippen molar-refractivity contribution in [1.29, 1.82) is 0 Å². The van der Waals surface area contributed by atoms with Gasteiger partial charge in [-0.25, -0.2) is 0 Å². The second-order valence-corrected chi connectivity index (χ2v) is 22.5. The van der Waals surface area contributed by atoms with Gasteiger partial charge < -0.3 is 18.1 Å². The molecule has 0 saturated carbocycles. The minimum atomic E-state index is -2.86. The lowest BCUT2D eigenvalue weighted by Crippen LogP contribution is -2.74. The fourth-order valence-corrected chi connectivity index (χ4v) is 16.9. The molecular formula is C65H42N4OSi. The summed E-state index contributed by atoms with van der Waals surface area (Å²) in [6.45, 7) is 0. The zero-order valence-electron chi connectivity index (χ0n) is 38.4. The van der Waals surface area contributed by atoms with Gasteiger partial charge in [-0.1, -0.05) is 164 Å². The van der Waals surface area contributed by atoms with Gasteiger partial charge in [0.25, 0.3) is 0 Å². The van der Waals surface area contributed by atoms with E-state index in [9.17, 15) is 0 Å². The van der Waals surface area contributed by atoms with E-state index in [-0.39, 0.29) is 0 Å². The Morgan fingerprint density at radius 1 is 0.310 bits per heavy atom. The van der Waals surface area contributed by atoms with Crippen molar-refractivity contribution < 1.29 is 4.42 Å². The van der Waals surface area contributed by atoms with E-state index in [1.807, 2.05) is 18.5 Å². The number of fused-ring (bicyclic) bond motifs is 13. The molecular weight excluding hydrogens is 881 g/mol. The minimum Gasteiger partial charge on any atom is -0.456 e. The Bertz CT molecular complexity index is 4420. The number of aromatic nitrogens is 4. The molecule has 0 amide bonds. The van der Waals surface area contributed by atoms with E-state index < -0.39 is 8.07 Å². The molecule has 0 fully saturated rings. The van der Waals surface area contributed by atoms with Crippen molar-refractivity contribution in [1.82, 2.24) is 18.7 Å². The van der Waals surface area contributed by atoms with Crippen LogP contribution in [-0.2, 0) is 0 Å². The summed E-state index contributed by atoms with van der Waals surface area (Å²) in [4.78, 5) is 4.58. The summed E-state index contributed by atoms with van der Waals surface area (Å²) in [5.74, 6) is 0. The van der Waals surface area contributed by atoms with Crippen LogP contribution in [0.25, 0.3) is 104 Å². The molecule has 0 atom stereocenters. The van der Waals surface area contributed by atoms with Crippen molar-refractivity contribution in [3.05, 3.63) is 255 Å². The first kappa shape index (κ1) is 39.7. The summed E-state index contributed by atoms with van der Waals surface area (Å²) in [6.07, 6.45) is 3.90. The van der Waals surface area contributed by atoms with Gasteiger partial charge in [0.05, 0.1) is 33.1 Å². The Labute approximate surface area is 409 Å². The molecule has 332 valence electrons. The highest BCUT2D eigenvalue weighted by Crippen LogP contribution is 2.44. The number of hydrogen-bond acceptors (Lipinski definition) is 2. The average molecular weight is 923 g/mol. The zero-order chi connectivity index (χ0) is 46.6. The van der Waals surface area contributed by atoms with Gasteiger partial charge in [-0.15, -0.1) is 0 Å². The zero-order valence-corrected chi connectivity index (χ0v) is 39.4. The van der Waals surface area contributed by atoms with Crippen LogP contribution in [-0.4, -0.2) is 26.8 Å². The third-order valence-corrected chi connectivity index (χ3v) is 19.8. The lowest BCUT2D eigenvalue weighted by Gasteiger charge is -2.34. The second kappa shape index (κ2) is 15.4. The van der Waals surface area contributed by atoms with E-state index in [4.69, 9.17) is 4.42 Å². The summed E-state index contributed by atoms with van der Waals surface area (Å²) >= 11 is 0. The lowest BCUT2D eigenvalue weighted by atomic mass is 10.1. The van der Waals surface area contributed by atoms with Gasteiger partial charge in [0.15, 0.2) is 8.07 Å². The highest BCUT2D eigenvalue weighted by Gasteiger charge is 2.41. The van der Waals surface area contributed by atoms with Gasteiger partial charge in [-0.05, 0) is 99.6 Å². The molecule has 10 aromatic carbocycles. The molecule has 0 unspecified atom stereocenters. The van der Waals surface area contributed by atoms with Crippen LogP contribution >= 0.6 is 0 Å². The Morgan fingerprint density at radius 2 is 0.845 bits per heavy atom. The molecule has 0 saturated heterocycles. The van der Waals surface area contributed by atoms with Gasteiger partial charge in [0.2, 0.25) is 0 Å². The van der Waals surface area contributed by atoms with E-state index in [2.05, 4.69) is 255 Å². The predicted molar refractivity (Wildman–Crippen MR) is 298 cm³/mol. The number of hydrogen-bond donors (Lipinski definition) is 0. The Balaban J connectivity index is 1.09. The summed E-state index contributed by atoms with van der Waals surface area (Å²) in [5.41, 5.74) is 11.9. The Morgan fingerprint density at radius 3 is 1.58 bits per heavy atom. The maximum Gasteiger partial charge on any atom is 0.179 e. The molecule has 5 aromatic heterocycles. The topological polar surface area (TPSA) is 40.8 Å². The quantitative estimate of drug-likeness (QED) is 0.118. The smallest absolute Gasteiger partial charge is 0.179 e. The Kier molecular flexibility index (Phi) is 8.61. The molecule has 0 radical (unpaired) electrons. The third-order valence-electron chi connectivity index (χ3n) is 15.1. The average Bonchev–Trinajstić information content (AvgIpc) is 4.18. The van der Waals surface area contributed by atoms with Crippen molar-refractivity contribution in [2.24, 2.45) is 0 Å². The van der Waals surface area contributed by atoms with Crippen molar-refractivity contribution in [3.8, 4) is 17.1 Å². The van der Waals surface area contributed by atoms with Crippen molar-refractivity contribution in [3.63, 3.8) is 0 Å². The van der Waals surface area contributed by atoms with Gasteiger partial charge in [0.1, 0.15) is 11.2 Å². The summed E-state index contributed by atoms with van der Waals surface area (Å²) < 4.78 is 13.8. The molecule has 0 bridgehead atoms. The maximum absolute atomic E-state index is 6.38. The molecule has 0 aliphatic rings. The highest BCUT2D eigenvalue weighted by atomic mass is 28.3. The minimum absolute atomic E-state index is 0.877. The lowest BCUT2D eigenvalue weighted by molar-refractivity contribution is 0.669. The first-order valence-electron chi connectivity index (χ1n) is 24.3. The summed E-state index contributed by atoms with van der Waals surface area (Å²) in [6, 6.07) is 89.5. The number of nitrogens with zero attached hydrogens (tertiary/aromatic N) is 4. The number of benzene rings is 10. The predicted octanol–water partition coefficient (Wildman–Crippen LogP) is 13.6. The van der Waals surface area contributed by atoms with Crippen molar-refractivity contribution >= 4 is 116 Å². The van der Waals surface area contributed by atoms with Gasteiger partial charge >= 0.3 is 0 Å². The second-order valence-electron chi connectivity index (χ2n) is 18.7. The van der Waals surface area contributed by atoms with Gasteiger partial charge in [-0.3, -0.25) is 4.98 Å². The molecule has 0 N–H and O–H groups in total. The Hall–Kier alpha value is -9.23. The van der Waals surface area contributed by atoms with E-state index >= 15 is 0 Å². The number of rotatable bonds is 7. The molecule has 71 heavy (non-hydrogen) atoms. The highest BCUT2D eigenvalue weighted by molar-refractivity contribution is 7.20. The monoisotopic (exact) mass is 922 g/mol. The van der Waals surface area contributed by atoms with Gasteiger partial charge in [-0.2, -0.15) is 0 Å². The van der Waals surface area contributed by atoms with Gasteiger partial charge in [0, 0.05) is 72.5 Å². The van der Waals surface area contributed by atoms with Crippen LogP contribution in [0.2, 0.25) is 0 Å². The molecule has 0 aliphatic carbocycles.